The average molecular weight is 474 g/mol. The van der Waals surface area contributed by atoms with Crippen molar-refractivity contribution in [2.24, 2.45) is 5.92 Å². The lowest BCUT2D eigenvalue weighted by Gasteiger charge is -2.38. The first kappa shape index (κ1) is 22.0. The number of anilines is 4. The zero-order valence-corrected chi connectivity index (χ0v) is 19.7. The molecule has 0 saturated heterocycles. The van der Waals surface area contributed by atoms with Gasteiger partial charge in [-0.2, -0.15) is 0 Å². The summed E-state index contributed by atoms with van der Waals surface area (Å²) in [6.07, 6.45) is 5.37. The highest BCUT2D eigenvalue weighted by atomic mass is 16.3. The lowest BCUT2D eigenvalue weighted by atomic mass is 9.76. The highest BCUT2D eigenvalue weighted by Crippen LogP contribution is 2.51. The summed E-state index contributed by atoms with van der Waals surface area (Å²) >= 11 is 0. The quantitative estimate of drug-likeness (QED) is 0.231. The summed E-state index contributed by atoms with van der Waals surface area (Å²) in [7, 11) is 0. The van der Waals surface area contributed by atoms with Crippen molar-refractivity contribution in [3.8, 4) is 5.75 Å². The molecule has 5 heteroatoms. The molecule has 4 aromatic carbocycles. The highest BCUT2D eigenvalue weighted by molar-refractivity contribution is 6.08. The van der Waals surface area contributed by atoms with E-state index in [4.69, 9.17) is 0 Å². The number of hydrogen-bond acceptors (Lipinski definition) is 4. The summed E-state index contributed by atoms with van der Waals surface area (Å²) in [6, 6.07) is 30.9. The molecule has 1 aliphatic heterocycles. The second-order valence-corrected chi connectivity index (χ2v) is 9.33. The minimum Gasteiger partial charge on any atom is -0.508 e. The molecule has 0 saturated carbocycles. The van der Waals surface area contributed by atoms with Crippen LogP contribution in [0, 0.1) is 5.92 Å². The number of phenols is 1. The van der Waals surface area contributed by atoms with Gasteiger partial charge in [0.1, 0.15) is 5.75 Å². The summed E-state index contributed by atoms with van der Waals surface area (Å²) in [6.45, 7) is 0. The Hall–Kier alpha value is -4.51. The Morgan fingerprint density at radius 3 is 2.28 bits per heavy atom. The van der Waals surface area contributed by atoms with Gasteiger partial charge in [0.15, 0.2) is 0 Å². The molecule has 3 atom stereocenters. The summed E-state index contributed by atoms with van der Waals surface area (Å²) in [4.78, 5) is 13.4. The SMILES string of the molecule is O=C(Nc1ccc(Nc2ccccc2)cc1)c1cccc2c1NC(c1ccccc1O)C1CC=CC21. The molecule has 0 radical (unpaired) electrons. The van der Waals surface area contributed by atoms with E-state index in [0.29, 0.717) is 5.56 Å². The van der Waals surface area contributed by atoms with Crippen LogP contribution < -0.4 is 16.0 Å². The van der Waals surface area contributed by atoms with E-state index in [9.17, 15) is 9.90 Å². The second kappa shape index (κ2) is 9.27. The average Bonchev–Trinajstić information content (AvgIpc) is 3.41. The number of phenolic OH excluding ortho intramolecular Hbond substituents is 1. The number of fused-ring (bicyclic) bond motifs is 3. The first-order valence-corrected chi connectivity index (χ1v) is 12.2. The fourth-order valence-electron chi connectivity index (χ4n) is 5.39. The van der Waals surface area contributed by atoms with E-state index in [1.54, 1.807) is 6.07 Å². The number of benzene rings is 4. The molecule has 6 rings (SSSR count). The minimum atomic E-state index is -0.167. The van der Waals surface area contributed by atoms with Gasteiger partial charge in [-0.1, -0.05) is 60.7 Å². The number of allylic oxidation sites excluding steroid dienone is 2. The van der Waals surface area contributed by atoms with E-state index in [1.165, 1.54) is 0 Å². The molecule has 4 aromatic rings. The lowest BCUT2D eigenvalue weighted by Crippen LogP contribution is -2.31. The van der Waals surface area contributed by atoms with Gasteiger partial charge in [-0.15, -0.1) is 0 Å². The maximum Gasteiger partial charge on any atom is 0.257 e. The molecular weight excluding hydrogens is 446 g/mol. The molecule has 3 unspecified atom stereocenters. The number of carbonyl (C=O) groups is 1. The minimum absolute atomic E-state index is 0.0870. The Kier molecular flexibility index (Phi) is 5.66. The number of aromatic hydroxyl groups is 1. The molecule has 0 aromatic heterocycles. The number of nitrogens with one attached hydrogen (secondary N) is 3. The standard InChI is InChI=1S/C31H27N3O2/c35-28-15-5-4-10-26(28)29-24-12-6-11-23(24)25-13-7-14-27(30(25)34-29)31(36)33-22-18-16-21(17-19-22)32-20-8-2-1-3-9-20/h1-11,13-19,23-24,29,32,34-35H,12H2,(H,33,36). The Morgan fingerprint density at radius 2 is 1.47 bits per heavy atom. The topological polar surface area (TPSA) is 73.4 Å². The number of hydrogen-bond donors (Lipinski definition) is 4. The van der Waals surface area contributed by atoms with E-state index in [0.717, 1.165) is 40.3 Å². The van der Waals surface area contributed by atoms with Crippen molar-refractivity contribution >= 4 is 28.7 Å². The molecule has 36 heavy (non-hydrogen) atoms. The van der Waals surface area contributed by atoms with Crippen LogP contribution in [0.15, 0.2) is 109 Å². The molecule has 1 amide bonds. The zero-order valence-electron chi connectivity index (χ0n) is 19.7. The van der Waals surface area contributed by atoms with Crippen molar-refractivity contribution in [3.05, 3.63) is 126 Å². The Bertz CT molecular complexity index is 1430. The number of amides is 1. The lowest BCUT2D eigenvalue weighted by molar-refractivity contribution is 0.102. The van der Waals surface area contributed by atoms with Crippen molar-refractivity contribution in [1.29, 1.82) is 0 Å². The predicted octanol–water partition coefficient (Wildman–Crippen LogP) is 7.21. The maximum absolute atomic E-state index is 13.4. The van der Waals surface area contributed by atoms with Gasteiger partial charge >= 0.3 is 0 Å². The molecule has 5 nitrogen and oxygen atoms in total. The van der Waals surface area contributed by atoms with Gasteiger partial charge in [0.05, 0.1) is 17.3 Å². The van der Waals surface area contributed by atoms with Gasteiger partial charge in [0.2, 0.25) is 0 Å². The van der Waals surface area contributed by atoms with E-state index in [-0.39, 0.29) is 29.5 Å². The van der Waals surface area contributed by atoms with Gasteiger partial charge in [-0.25, -0.2) is 0 Å². The molecule has 4 N–H and O–H groups in total. The first-order valence-electron chi connectivity index (χ1n) is 12.2. The van der Waals surface area contributed by atoms with Crippen LogP contribution >= 0.6 is 0 Å². The Balaban J connectivity index is 1.26. The Morgan fingerprint density at radius 1 is 0.778 bits per heavy atom. The van der Waals surface area contributed by atoms with Crippen LogP contribution in [0.25, 0.3) is 0 Å². The third kappa shape index (κ3) is 4.09. The van der Waals surface area contributed by atoms with Crippen LogP contribution in [-0.4, -0.2) is 11.0 Å². The summed E-state index contributed by atoms with van der Waals surface area (Å²) in [5.74, 6) is 0.588. The monoisotopic (exact) mass is 473 g/mol. The predicted molar refractivity (Wildman–Crippen MR) is 145 cm³/mol. The second-order valence-electron chi connectivity index (χ2n) is 9.33. The molecule has 0 bridgehead atoms. The van der Waals surface area contributed by atoms with Gasteiger partial charge in [0.25, 0.3) is 5.91 Å². The third-order valence-corrected chi connectivity index (χ3v) is 7.12. The van der Waals surface area contributed by atoms with Gasteiger partial charge < -0.3 is 21.1 Å². The van der Waals surface area contributed by atoms with Crippen LogP contribution in [0.3, 0.4) is 0 Å². The maximum atomic E-state index is 13.4. The number of carbonyl (C=O) groups excluding carboxylic acids is 1. The Labute approximate surface area is 210 Å². The van der Waals surface area contributed by atoms with Crippen molar-refractivity contribution in [2.45, 2.75) is 18.4 Å². The fourth-order valence-corrected chi connectivity index (χ4v) is 5.39. The first-order chi connectivity index (χ1) is 17.7. The number of rotatable bonds is 5. The van der Waals surface area contributed by atoms with Crippen molar-refractivity contribution in [3.63, 3.8) is 0 Å². The summed E-state index contributed by atoms with van der Waals surface area (Å²) in [5.41, 5.74) is 6.09. The molecule has 2 aliphatic rings. The van der Waals surface area contributed by atoms with Gasteiger partial charge in [-0.05, 0) is 66.4 Å². The molecule has 178 valence electrons. The fraction of sp³-hybridized carbons (Fsp3) is 0.129. The van der Waals surface area contributed by atoms with Crippen LogP contribution in [0.5, 0.6) is 5.75 Å². The van der Waals surface area contributed by atoms with E-state index in [2.05, 4.69) is 34.2 Å². The summed E-state index contributed by atoms with van der Waals surface area (Å²) in [5, 5.41) is 20.6. The van der Waals surface area contributed by atoms with Crippen LogP contribution in [0.1, 0.15) is 39.9 Å². The zero-order chi connectivity index (χ0) is 24.5. The van der Waals surface area contributed by atoms with Crippen molar-refractivity contribution in [1.82, 2.24) is 0 Å². The van der Waals surface area contributed by atoms with Crippen LogP contribution in [-0.2, 0) is 0 Å². The van der Waals surface area contributed by atoms with Gasteiger partial charge in [-0.3, -0.25) is 4.79 Å². The number of para-hydroxylation sites is 3. The largest absolute Gasteiger partial charge is 0.508 e. The van der Waals surface area contributed by atoms with E-state index < -0.39 is 0 Å². The summed E-state index contributed by atoms with van der Waals surface area (Å²) < 4.78 is 0. The van der Waals surface area contributed by atoms with Crippen molar-refractivity contribution < 1.29 is 9.90 Å². The normalized spacial score (nSPS) is 19.6. The molecule has 1 heterocycles. The van der Waals surface area contributed by atoms with Crippen molar-refractivity contribution in [2.75, 3.05) is 16.0 Å². The van der Waals surface area contributed by atoms with E-state index >= 15 is 0 Å². The van der Waals surface area contributed by atoms with Crippen LogP contribution in [0.2, 0.25) is 0 Å². The van der Waals surface area contributed by atoms with Gasteiger partial charge in [0, 0.05) is 28.5 Å². The van der Waals surface area contributed by atoms with Crippen LogP contribution in [0.4, 0.5) is 22.7 Å². The molecule has 0 spiro atoms. The molecule has 1 aliphatic carbocycles. The molecule has 0 fully saturated rings. The smallest absolute Gasteiger partial charge is 0.257 e. The third-order valence-electron chi connectivity index (χ3n) is 7.12. The molecular formula is C31H27N3O2. The highest BCUT2D eigenvalue weighted by Gasteiger charge is 2.40. The van der Waals surface area contributed by atoms with E-state index in [1.807, 2.05) is 84.9 Å².